The summed E-state index contributed by atoms with van der Waals surface area (Å²) in [6.07, 6.45) is -2.86. The van der Waals surface area contributed by atoms with Gasteiger partial charge in [-0.1, -0.05) is 17.8 Å². The van der Waals surface area contributed by atoms with Crippen molar-refractivity contribution in [3.63, 3.8) is 0 Å². The molecule has 0 unspecified atom stereocenters. The van der Waals surface area contributed by atoms with Crippen molar-refractivity contribution >= 4 is 17.5 Å². The molecule has 10 heteroatoms. The molecule has 0 aliphatic heterocycles. The van der Waals surface area contributed by atoms with Crippen LogP contribution in [0, 0.1) is 0 Å². The van der Waals surface area contributed by atoms with E-state index in [1.54, 1.807) is 48.7 Å². The van der Waals surface area contributed by atoms with E-state index in [-0.39, 0.29) is 17.2 Å². The topological polar surface area (TPSA) is 72.8 Å². The van der Waals surface area contributed by atoms with Crippen molar-refractivity contribution in [3.05, 3.63) is 78.1 Å². The summed E-state index contributed by atoms with van der Waals surface area (Å²) in [5, 5.41) is 8.66. The number of nitrogens with zero attached hydrogens (tertiary/aromatic N) is 3. The van der Waals surface area contributed by atoms with Gasteiger partial charge >= 0.3 is 6.18 Å². The van der Waals surface area contributed by atoms with E-state index in [2.05, 4.69) is 15.2 Å². The highest BCUT2D eigenvalue weighted by Gasteiger charge is 2.31. The maximum Gasteiger partial charge on any atom is 0.416 e. The summed E-state index contributed by atoms with van der Waals surface area (Å²) in [6.45, 7) is 0. The van der Waals surface area contributed by atoms with Crippen LogP contribution in [-0.2, 0) is 6.18 Å². The maximum absolute atomic E-state index is 13.3. The third-order valence-corrected chi connectivity index (χ3v) is 5.57. The Hall–Kier alpha value is -3.53. The lowest BCUT2D eigenvalue weighted by Gasteiger charge is -2.13. The summed E-state index contributed by atoms with van der Waals surface area (Å²) < 4.78 is 46.6. The van der Waals surface area contributed by atoms with E-state index >= 15 is 0 Å². The zero-order chi connectivity index (χ0) is 22.7. The molecule has 0 bridgehead atoms. The number of ether oxygens (including phenoxy) is 1. The van der Waals surface area contributed by atoms with Crippen molar-refractivity contribution in [1.82, 2.24) is 19.7 Å². The number of hydrogen-bond acceptors (Lipinski definition) is 5. The number of carbonyl (C=O) groups excluding carboxylic acids is 1. The Morgan fingerprint density at radius 2 is 1.88 bits per heavy atom. The van der Waals surface area contributed by atoms with Crippen LogP contribution in [-0.4, -0.2) is 38.4 Å². The first-order chi connectivity index (χ1) is 15.4. The fraction of sp³-hybridized carbons (Fsp3) is 0.136. The summed E-state index contributed by atoms with van der Waals surface area (Å²) in [5.74, 6) is 0.858. The van der Waals surface area contributed by atoms with Crippen molar-refractivity contribution in [2.24, 2.45) is 0 Å². The second kappa shape index (κ2) is 8.91. The van der Waals surface area contributed by atoms with Crippen LogP contribution in [0.1, 0.15) is 16.1 Å². The first-order valence-electron chi connectivity index (χ1n) is 9.43. The number of carbonyl (C=O) groups is 1. The number of halogens is 3. The average molecular weight is 458 g/mol. The van der Waals surface area contributed by atoms with Gasteiger partial charge in [-0.2, -0.15) is 13.2 Å². The number of aromatic nitrogens is 4. The SMILES string of the molecule is COc1ccc(-c2nnc(SCC(=O)c3ccc[nH]3)n2-c2cccc(C(F)(F)F)c2)cc1. The number of H-pyrrole nitrogens is 1. The summed E-state index contributed by atoms with van der Waals surface area (Å²) >= 11 is 1.10. The van der Waals surface area contributed by atoms with Gasteiger partial charge in [0.1, 0.15) is 5.75 Å². The van der Waals surface area contributed by atoms with E-state index in [0.717, 1.165) is 23.9 Å². The zero-order valence-electron chi connectivity index (χ0n) is 16.8. The molecule has 0 aliphatic carbocycles. The highest BCUT2D eigenvalue weighted by Crippen LogP contribution is 2.33. The van der Waals surface area contributed by atoms with Crippen LogP contribution in [0.25, 0.3) is 17.1 Å². The van der Waals surface area contributed by atoms with Crippen molar-refractivity contribution < 1.29 is 22.7 Å². The van der Waals surface area contributed by atoms with Crippen LogP contribution in [0.4, 0.5) is 13.2 Å². The Bertz CT molecular complexity index is 1220. The number of benzene rings is 2. The van der Waals surface area contributed by atoms with E-state index < -0.39 is 11.7 Å². The summed E-state index contributed by atoms with van der Waals surface area (Å²) in [4.78, 5) is 15.2. The fourth-order valence-electron chi connectivity index (χ4n) is 3.06. The molecule has 0 spiro atoms. The third-order valence-electron chi connectivity index (χ3n) is 4.64. The van der Waals surface area contributed by atoms with Crippen LogP contribution in [0.15, 0.2) is 72.0 Å². The summed E-state index contributed by atoms with van der Waals surface area (Å²) in [5.41, 5.74) is 0.532. The standard InChI is InChI=1S/C22H17F3N4O2S/c1-31-17-9-7-14(8-10-17)20-27-28-21(32-13-19(30)18-6-3-11-26-18)29(20)16-5-2-4-15(12-16)22(23,24)25/h2-12,26H,13H2,1H3. The first kappa shape index (κ1) is 21.7. The van der Waals surface area contributed by atoms with Crippen LogP contribution in [0.2, 0.25) is 0 Å². The number of Topliss-reactive ketones (excluding diaryl/α,β-unsaturated/α-hetero) is 1. The number of hydrogen-bond donors (Lipinski definition) is 1. The Morgan fingerprint density at radius 1 is 1.09 bits per heavy atom. The number of nitrogens with one attached hydrogen (secondary N) is 1. The van der Waals surface area contributed by atoms with Gasteiger partial charge in [0.05, 0.1) is 29.8 Å². The highest BCUT2D eigenvalue weighted by molar-refractivity contribution is 7.99. The van der Waals surface area contributed by atoms with E-state index in [4.69, 9.17) is 4.74 Å². The first-order valence-corrected chi connectivity index (χ1v) is 10.4. The fourth-order valence-corrected chi connectivity index (χ4v) is 3.89. The molecule has 0 aliphatic rings. The Balaban J connectivity index is 1.75. The normalized spacial score (nSPS) is 11.5. The predicted octanol–water partition coefficient (Wildman–Crippen LogP) is 5.26. The third kappa shape index (κ3) is 4.54. The van der Waals surface area contributed by atoms with Crippen LogP contribution >= 0.6 is 11.8 Å². The molecular weight excluding hydrogens is 441 g/mol. The number of alkyl halides is 3. The van der Waals surface area contributed by atoms with E-state index in [9.17, 15) is 18.0 Å². The molecule has 164 valence electrons. The van der Waals surface area contributed by atoms with E-state index in [1.807, 2.05) is 0 Å². The lowest BCUT2D eigenvalue weighted by molar-refractivity contribution is -0.137. The van der Waals surface area contributed by atoms with E-state index in [1.165, 1.54) is 17.7 Å². The van der Waals surface area contributed by atoms with Gasteiger partial charge in [-0.3, -0.25) is 9.36 Å². The smallest absolute Gasteiger partial charge is 0.416 e. The molecule has 2 aromatic heterocycles. The van der Waals surface area contributed by atoms with Crippen LogP contribution in [0.3, 0.4) is 0 Å². The molecule has 32 heavy (non-hydrogen) atoms. The van der Waals surface area contributed by atoms with Gasteiger partial charge < -0.3 is 9.72 Å². The minimum atomic E-state index is -4.50. The second-order valence-electron chi connectivity index (χ2n) is 6.71. The second-order valence-corrected chi connectivity index (χ2v) is 7.66. The quantitative estimate of drug-likeness (QED) is 0.302. The van der Waals surface area contributed by atoms with Crippen molar-refractivity contribution in [3.8, 4) is 22.8 Å². The zero-order valence-corrected chi connectivity index (χ0v) is 17.6. The number of thioether (sulfide) groups is 1. The van der Waals surface area contributed by atoms with Gasteiger partial charge in [-0.25, -0.2) is 0 Å². The molecule has 0 fully saturated rings. The Morgan fingerprint density at radius 3 is 2.53 bits per heavy atom. The van der Waals surface area contributed by atoms with Crippen LogP contribution < -0.4 is 4.74 Å². The Labute approximate surface area is 185 Å². The molecule has 0 saturated heterocycles. The summed E-state index contributed by atoms with van der Waals surface area (Å²) in [7, 11) is 1.54. The van der Waals surface area contributed by atoms with Crippen molar-refractivity contribution in [1.29, 1.82) is 0 Å². The van der Waals surface area contributed by atoms with Crippen molar-refractivity contribution in [2.75, 3.05) is 12.9 Å². The van der Waals surface area contributed by atoms with Gasteiger partial charge in [0, 0.05) is 11.8 Å². The number of rotatable bonds is 7. The number of aromatic amines is 1. The van der Waals surface area contributed by atoms with Crippen LogP contribution in [0.5, 0.6) is 5.75 Å². The van der Waals surface area contributed by atoms with Gasteiger partial charge in [0.2, 0.25) is 0 Å². The number of methoxy groups -OCH3 is 1. The molecule has 0 amide bonds. The lowest BCUT2D eigenvalue weighted by atomic mass is 10.1. The average Bonchev–Trinajstić information content (AvgIpc) is 3.47. The number of ketones is 1. The molecule has 2 aromatic carbocycles. The highest BCUT2D eigenvalue weighted by atomic mass is 32.2. The molecule has 0 saturated carbocycles. The maximum atomic E-state index is 13.3. The molecule has 4 aromatic rings. The lowest BCUT2D eigenvalue weighted by Crippen LogP contribution is -2.08. The molecule has 0 atom stereocenters. The largest absolute Gasteiger partial charge is 0.497 e. The van der Waals surface area contributed by atoms with Crippen molar-refractivity contribution in [2.45, 2.75) is 11.3 Å². The monoisotopic (exact) mass is 458 g/mol. The van der Waals surface area contributed by atoms with Gasteiger partial charge in [0.15, 0.2) is 16.8 Å². The molecule has 6 nitrogen and oxygen atoms in total. The van der Waals surface area contributed by atoms with Gasteiger partial charge in [-0.15, -0.1) is 10.2 Å². The molecule has 1 N–H and O–H groups in total. The molecular formula is C22H17F3N4O2S. The van der Waals surface area contributed by atoms with Gasteiger partial charge in [0.25, 0.3) is 0 Å². The van der Waals surface area contributed by atoms with E-state index in [0.29, 0.717) is 28.0 Å². The molecule has 4 rings (SSSR count). The summed E-state index contributed by atoms with van der Waals surface area (Å²) in [6, 6.07) is 15.2. The molecule has 0 radical (unpaired) electrons. The molecule has 2 heterocycles. The minimum absolute atomic E-state index is 0.0419. The Kier molecular flexibility index (Phi) is 6.04. The predicted molar refractivity (Wildman–Crippen MR) is 114 cm³/mol. The van der Waals surface area contributed by atoms with Gasteiger partial charge in [-0.05, 0) is 54.6 Å². The minimum Gasteiger partial charge on any atom is -0.497 e.